The Morgan fingerprint density at radius 3 is 2.23 bits per heavy atom. The summed E-state index contributed by atoms with van der Waals surface area (Å²) in [6.07, 6.45) is 0. The first-order chi connectivity index (χ1) is 17.0. The number of hydrogen-bond acceptors (Lipinski definition) is 7. The van der Waals surface area contributed by atoms with Gasteiger partial charge in [-0.3, -0.25) is 10.1 Å². The Labute approximate surface area is 215 Å². The van der Waals surface area contributed by atoms with Gasteiger partial charge in [-0.15, -0.1) is 21.6 Å². The van der Waals surface area contributed by atoms with E-state index in [1.165, 1.54) is 11.3 Å². The maximum Gasteiger partial charge on any atom is 0.265 e. The molecule has 3 aromatic carbocycles. The molecule has 176 valence electrons. The molecule has 0 radical (unpaired) electrons. The van der Waals surface area contributed by atoms with Crippen LogP contribution in [-0.4, -0.2) is 16.9 Å². The molecule has 0 saturated carbocycles. The SMILES string of the molecule is N=N/C(=N\N)NC(=O)c1ccc(CN(c2ccc(Cl)cc2)c2nc(-c3ccc(Cl)cc3)cs2)cc1. The molecular formula is C24H19Cl2N7OS. The lowest BCUT2D eigenvalue weighted by atomic mass is 10.1. The smallest absolute Gasteiger partial charge is 0.265 e. The van der Waals surface area contributed by atoms with Crippen LogP contribution in [0.15, 0.2) is 88.4 Å². The molecule has 0 unspecified atom stereocenters. The van der Waals surface area contributed by atoms with Crippen LogP contribution < -0.4 is 16.1 Å². The van der Waals surface area contributed by atoms with Crippen molar-refractivity contribution in [2.24, 2.45) is 16.1 Å². The lowest BCUT2D eigenvalue weighted by Gasteiger charge is -2.22. The summed E-state index contributed by atoms with van der Waals surface area (Å²) in [5, 5.41) is 12.8. The van der Waals surface area contributed by atoms with Crippen LogP contribution in [0, 0.1) is 5.53 Å². The van der Waals surface area contributed by atoms with Gasteiger partial charge in [0.15, 0.2) is 5.13 Å². The fourth-order valence-corrected chi connectivity index (χ4v) is 4.34. The summed E-state index contributed by atoms with van der Waals surface area (Å²) in [7, 11) is 0. The molecule has 1 aromatic heterocycles. The van der Waals surface area contributed by atoms with Crippen molar-refractivity contribution >= 4 is 57.2 Å². The van der Waals surface area contributed by atoms with E-state index in [2.05, 4.69) is 20.4 Å². The molecule has 0 fully saturated rings. The van der Waals surface area contributed by atoms with Crippen LogP contribution in [0.2, 0.25) is 10.0 Å². The Morgan fingerprint density at radius 2 is 1.63 bits per heavy atom. The summed E-state index contributed by atoms with van der Waals surface area (Å²) in [6.45, 7) is 0.509. The van der Waals surface area contributed by atoms with Crippen molar-refractivity contribution in [3.63, 3.8) is 0 Å². The summed E-state index contributed by atoms with van der Waals surface area (Å²) in [6, 6.07) is 22.2. The number of hydrogen-bond donors (Lipinski definition) is 3. The molecule has 11 heteroatoms. The number of halogens is 2. The minimum absolute atomic E-state index is 0.270. The van der Waals surface area contributed by atoms with Crippen LogP contribution in [0.4, 0.5) is 10.8 Å². The number of benzene rings is 3. The standard InChI is InChI=1S/C24H19Cl2N7OS/c25-18-7-5-16(6-8-18)21-14-35-24(29-21)33(20-11-9-19(26)10-12-20)13-15-1-3-17(4-2-15)22(34)30-23(31-27)32-28/h1-12,14,27H,13,28H2,(H,30,32,34). The Hall–Kier alpha value is -3.79. The number of thiazole rings is 1. The monoisotopic (exact) mass is 523 g/mol. The molecule has 0 aliphatic rings. The first-order valence-corrected chi connectivity index (χ1v) is 11.9. The average Bonchev–Trinajstić information content (AvgIpc) is 3.37. The van der Waals surface area contributed by atoms with E-state index in [1.807, 2.05) is 66.0 Å². The van der Waals surface area contributed by atoms with Gasteiger partial charge in [0, 0.05) is 32.2 Å². The van der Waals surface area contributed by atoms with Crippen LogP contribution in [-0.2, 0) is 6.54 Å². The number of aromatic nitrogens is 1. The van der Waals surface area contributed by atoms with E-state index in [4.69, 9.17) is 39.6 Å². The number of carbonyl (C=O) groups is 1. The number of guanidine groups is 1. The van der Waals surface area contributed by atoms with Gasteiger partial charge in [0.2, 0.25) is 0 Å². The first-order valence-electron chi connectivity index (χ1n) is 10.3. The molecule has 0 saturated heterocycles. The van der Waals surface area contributed by atoms with E-state index in [0.29, 0.717) is 22.2 Å². The molecule has 0 atom stereocenters. The highest BCUT2D eigenvalue weighted by Crippen LogP contribution is 2.34. The van der Waals surface area contributed by atoms with Crippen molar-refractivity contribution in [1.82, 2.24) is 10.3 Å². The van der Waals surface area contributed by atoms with Crippen molar-refractivity contribution < 1.29 is 4.79 Å². The summed E-state index contributed by atoms with van der Waals surface area (Å²) in [4.78, 5) is 19.2. The maximum atomic E-state index is 12.3. The Kier molecular flexibility index (Phi) is 7.71. The lowest BCUT2D eigenvalue weighted by molar-refractivity contribution is 0.0976. The number of carbonyl (C=O) groups excluding carboxylic acids is 1. The lowest BCUT2D eigenvalue weighted by Crippen LogP contribution is -2.29. The predicted octanol–water partition coefficient (Wildman–Crippen LogP) is 6.45. The second-order valence-corrected chi connectivity index (χ2v) is 9.01. The maximum absolute atomic E-state index is 12.3. The number of hydrazone groups is 1. The molecular weight excluding hydrogens is 505 g/mol. The molecule has 0 bridgehead atoms. The Balaban J connectivity index is 1.60. The topological polar surface area (TPSA) is 120 Å². The van der Waals surface area contributed by atoms with E-state index < -0.39 is 5.91 Å². The number of rotatable bonds is 6. The second-order valence-electron chi connectivity index (χ2n) is 7.30. The van der Waals surface area contributed by atoms with Crippen molar-refractivity contribution in [2.45, 2.75) is 6.54 Å². The molecule has 1 heterocycles. The zero-order valence-electron chi connectivity index (χ0n) is 18.2. The van der Waals surface area contributed by atoms with E-state index >= 15 is 0 Å². The van der Waals surface area contributed by atoms with E-state index in [0.717, 1.165) is 27.6 Å². The van der Waals surface area contributed by atoms with Crippen LogP contribution in [0.5, 0.6) is 0 Å². The fraction of sp³-hybridized carbons (Fsp3) is 0.0417. The number of anilines is 2. The molecule has 8 nitrogen and oxygen atoms in total. The van der Waals surface area contributed by atoms with Gasteiger partial charge in [-0.05, 0) is 54.1 Å². The minimum Gasteiger partial charge on any atom is -0.320 e. The predicted molar refractivity (Wildman–Crippen MR) is 141 cm³/mol. The van der Waals surface area contributed by atoms with Gasteiger partial charge in [0.25, 0.3) is 11.9 Å². The van der Waals surface area contributed by atoms with Crippen LogP contribution >= 0.6 is 34.5 Å². The number of nitrogens with one attached hydrogen (secondary N) is 2. The summed E-state index contributed by atoms with van der Waals surface area (Å²) in [5.41, 5.74) is 11.0. The van der Waals surface area contributed by atoms with E-state index in [9.17, 15) is 4.79 Å². The van der Waals surface area contributed by atoms with Gasteiger partial charge in [0.1, 0.15) is 0 Å². The fourth-order valence-electron chi connectivity index (χ4n) is 3.24. The third-order valence-electron chi connectivity index (χ3n) is 5.01. The van der Waals surface area contributed by atoms with E-state index in [1.54, 1.807) is 12.1 Å². The highest BCUT2D eigenvalue weighted by atomic mass is 35.5. The van der Waals surface area contributed by atoms with Crippen molar-refractivity contribution in [3.05, 3.63) is 99.3 Å². The highest BCUT2D eigenvalue weighted by molar-refractivity contribution is 7.14. The molecule has 35 heavy (non-hydrogen) atoms. The molecule has 4 N–H and O–H groups in total. The third kappa shape index (κ3) is 6.02. The Bertz CT molecular complexity index is 1350. The second kappa shape index (κ2) is 11.1. The molecule has 1 amide bonds. The van der Waals surface area contributed by atoms with Crippen molar-refractivity contribution in [1.29, 1.82) is 5.53 Å². The summed E-state index contributed by atoms with van der Waals surface area (Å²) < 4.78 is 0. The molecule has 0 aliphatic heterocycles. The summed E-state index contributed by atoms with van der Waals surface area (Å²) in [5.74, 6) is 4.36. The molecule has 4 aromatic rings. The molecule has 4 rings (SSSR count). The van der Waals surface area contributed by atoms with Gasteiger partial charge in [-0.25, -0.2) is 10.5 Å². The third-order valence-corrected chi connectivity index (χ3v) is 6.38. The molecule has 0 spiro atoms. The number of nitrogens with two attached hydrogens (primary N) is 1. The van der Waals surface area contributed by atoms with E-state index in [-0.39, 0.29) is 5.96 Å². The van der Waals surface area contributed by atoms with Crippen molar-refractivity contribution in [2.75, 3.05) is 4.90 Å². The molecule has 0 aliphatic carbocycles. The number of amides is 1. The van der Waals surface area contributed by atoms with Gasteiger partial charge in [0.05, 0.1) is 12.2 Å². The van der Waals surface area contributed by atoms with Crippen LogP contribution in [0.3, 0.4) is 0 Å². The first kappa shape index (κ1) is 24.3. The highest BCUT2D eigenvalue weighted by Gasteiger charge is 2.16. The zero-order chi connectivity index (χ0) is 24.8. The normalized spacial score (nSPS) is 11.2. The van der Waals surface area contributed by atoms with Gasteiger partial charge in [-0.1, -0.05) is 47.5 Å². The van der Waals surface area contributed by atoms with Crippen LogP contribution in [0.25, 0.3) is 11.3 Å². The van der Waals surface area contributed by atoms with Gasteiger partial charge < -0.3 is 10.7 Å². The van der Waals surface area contributed by atoms with Crippen molar-refractivity contribution in [3.8, 4) is 11.3 Å². The van der Waals surface area contributed by atoms with Gasteiger partial charge >= 0.3 is 0 Å². The summed E-state index contributed by atoms with van der Waals surface area (Å²) >= 11 is 13.7. The average molecular weight is 524 g/mol. The minimum atomic E-state index is -0.459. The Morgan fingerprint density at radius 1 is 1.00 bits per heavy atom. The number of nitrogens with zero attached hydrogens (tertiary/aromatic N) is 4. The largest absolute Gasteiger partial charge is 0.320 e. The quantitative estimate of drug-likeness (QED) is 0.0883. The van der Waals surface area contributed by atoms with Gasteiger partial charge in [-0.2, -0.15) is 0 Å². The zero-order valence-corrected chi connectivity index (χ0v) is 20.5. The van der Waals surface area contributed by atoms with Crippen LogP contribution in [0.1, 0.15) is 15.9 Å².